The van der Waals surface area contributed by atoms with Crippen molar-refractivity contribution >= 4 is 34.3 Å². The highest BCUT2D eigenvalue weighted by molar-refractivity contribution is 7.15. The lowest BCUT2D eigenvalue weighted by Crippen LogP contribution is -2.12. The second kappa shape index (κ2) is 10.1. The fourth-order valence-corrected chi connectivity index (χ4v) is 3.98. The molecule has 3 rings (SSSR count). The molecule has 0 aliphatic rings. The number of amides is 1. The van der Waals surface area contributed by atoms with E-state index in [-0.39, 0.29) is 12.5 Å². The Labute approximate surface area is 186 Å². The van der Waals surface area contributed by atoms with Gasteiger partial charge in [0.1, 0.15) is 16.3 Å². The van der Waals surface area contributed by atoms with Gasteiger partial charge in [0.15, 0.2) is 0 Å². The maximum atomic E-state index is 12.7. The molecule has 1 heterocycles. The molecule has 2 aromatic carbocycles. The minimum atomic E-state index is -0.452. The van der Waals surface area contributed by atoms with E-state index in [4.69, 9.17) is 9.47 Å². The molecule has 160 valence electrons. The van der Waals surface area contributed by atoms with Gasteiger partial charge in [0, 0.05) is 17.0 Å². The summed E-state index contributed by atoms with van der Waals surface area (Å²) in [6.07, 6.45) is 3.14. The lowest BCUT2D eigenvalue weighted by atomic mass is 9.99. The fourth-order valence-electron chi connectivity index (χ4n) is 3.02. The predicted molar refractivity (Wildman–Crippen MR) is 126 cm³/mol. The molecule has 0 aliphatic heterocycles. The summed E-state index contributed by atoms with van der Waals surface area (Å²) < 4.78 is 10.4. The van der Waals surface area contributed by atoms with E-state index < -0.39 is 5.97 Å². The summed E-state index contributed by atoms with van der Waals surface area (Å²) in [4.78, 5) is 25.2. The average Bonchev–Trinajstić information content (AvgIpc) is 3.18. The minimum absolute atomic E-state index is 0.256. The zero-order chi connectivity index (χ0) is 22.4. The third kappa shape index (κ3) is 5.41. The first-order valence-corrected chi connectivity index (χ1v) is 10.8. The van der Waals surface area contributed by atoms with E-state index in [1.807, 2.05) is 61.7 Å². The lowest BCUT2D eigenvalue weighted by Gasteiger charge is -2.09. The van der Waals surface area contributed by atoms with Gasteiger partial charge in [-0.15, -0.1) is 11.3 Å². The van der Waals surface area contributed by atoms with Crippen molar-refractivity contribution in [2.24, 2.45) is 0 Å². The highest BCUT2D eigenvalue weighted by Gasteiger charge is 2.22. The second-order valence-corrected chi connectivity index (χ2v) is 7.85. The van der Waals surface area contributed by atoms with Gasteiger partial charge in [-0.25, -0.2) is 4.79 Å². The normalized spacial score (nSPS) is 10.8. The fraction of sp³-hybridized carbons (Fsp3) is 0.200. The number of anilines is 1. The Morgan fingerprint density at radius 1 is 1.06 bits per heavy atom. The van der Waals surface area contributed by atoms with Crippen LogP contribution in [0.2, 0.25) is 0 Å². The number of hydrogen-bond acceptors (Lipinski definition) is 5. The van der Waals surface area contributed by atoms with Crippen LogP contribution in [0.15, 0.2) is 53.9 Å². The van der Waals surface area contributed by atoms with E-state index in [0.29, 0.717) is 10.6 Å². The van der Waals surface area contributed by atoms with E-state index in [0.717, 1.165) is 28.0 Å². The van der Waals surface area contributed by atoms with Crippen LogP contribution >= 0.6 is 11.3 Å². The van der Waals surface area contributed by atoms with Crippen LogP contribution in [-0.2, 0) is 9.53 Å². The molecule has 0 atom stereocenters. The number of carbonyl (C=O) groups is 2. The molecule has 1 N–H and O–H groups in total. The molecule has 0 saturated carbocycles. The van der Waals surface area contributed by atoms with Gasteiger partial charge in [0.05, 0.1) is 13.7 Å². The van der Waals surface area contributed by atoms with Crippen molar-refractivity contribution in [1.29, 1.82) is 0 Å². The third-order valence-electron chi connectivity index (χ3n) is 4.87. The van der Waals surface area contributed by atoms with Gasteiger partial charge in [0.2, 0.25) is 5.91 Å². The molecule has 0 aliphatic carbocycles. The van der Waals surface area contributed by atoms with Gasteiger partial charge < -0.3 is 14.8 Å². The number of hydrogen-bond donors (Lipinski definition) is 1. The van der Waals surface area contributed by atoms with Crippen molar-refractivity contribution in [3.05, 3.63) is 76.2 Å². The average molecular weight is 436 g/mol. The largest absolute Gasteiger partial charge is 0.497 e. The molecule has 0 bridgehead atoms. The Morgan fingerprint density at radius 3 is 2.45 bits per heavy atom. The molecule has 0 unspecified atom stereocenters. The number of ether oxygens (including phenoxy) is 2. The minimum Gasteiger partial charge on any atom is -0.497 e. The van der Waals surface area contributed by atoms with Crippen molar-refractivity contribution in [2.75, 3.05) is 19.0 Å². The van der Waals surface area contributed by atoms with Gasteiger partial charge in [-0.05, 0) is 61.2 Å². The zero-order valence-electron chi connectivity index (χ0n) is 18.0. The summed E-state index contributed by atoms with van der Waals surface area (Å²) in [7, 11) is 1.60. The van der Waals surface area contributed by atoms with Gasteiger partial charge in [0.25, 0.3) is 0 Å². The van der Waals surface area contributed by atoms with E-state index >= 15 is 0 Å². The summed E-state index contributed by atoms with van der Waals surface area (Å²) in [5.41, 5.74) is 5.21. The highest BCUT2D eigenvalue weighted by atomic mass is 32.1. The van der Waals surface area contributed by atoms with Gasteiger partial charge in [-0.3, -0.25) is 4.79 Å². The maximum absolute atomic E-state index is 12.7. The van der Waals surface area contributed by atoms with Crippen molar-refractivity contribution < 1.29 is 19.1 Å². The second-order valence-electron chi connectivity index (χ2n) is 6.97. The molecule has 1 amide bonds. The quantitative estimate of drug-likeness (QED) is 0.372. The number of nitrogens with one attached hydrogen (secondary N) is 1. The number of esters is 1. The summed E-state index contributed by atoms with van der Waals surface area (Å²) in [6, 6.07) is 13.4. The highest BCUT2D eigenvalue weighted by Crippen LogP contribution is 2.37. The van der Waals surface area contributed by atoms with E-state index in [9.17, 15) is 9.59 Å². The number of benzene rings is 2. The van der Waals surface area contributed by atoms with Crippen LogP contribution in [0.4, 0.5) is 5.00 Å². The van der Waals surface area contributed by atoms with Crippen LogP contribution in [0, 0.1) is 13.8 Å². The monoisotopic (exact) mass is 435 g/mol. The lowest BCUT2D eigenvalue weighted by molar-refractivity contribution is -0.111. The van der Waals surface area contributed by atoms with E-state index in [1.165, 1.54) is 23.0 Å². The summed E-state index contributed by atoms with van der Waals surface area (Å²) in [5.74, 6) is -0.0283. The molecule has 0 spiro atoms. The summed E-state index contributed by atoms with van der Waals surface area (Å²) >= 11 is 1.31. The summed E-state index contributed by atoms with van der Waals surface area (Å²) in [6.45, 7) is 6.09. The molecular formula is C25H25NO4S. The molecule has 0 radical (unpaired) electrons. The van der Waals surface area contributed by atoms with Crippen LogP contribution in [0.3, 0.4) is 0 Å². The standard InChI is InChI=1S/C25H25NO4S/c1-5-30-25(28)23-21(19-10-6-16(2)17(3)14-19)15-31-24(23)26-22(27)13-9-18-7-11-20(29-4)12-8-18/h6-15H,5H2,1-4H3,(H,26,27). The Hall–Kier alpha value is -3.38. The Morgan fingerprint density at radius 2 is 1.81 bits per heavy atom. The van der Waals surface area contributed by atoms with Gasteiger partial charge in [-0.2, -0.15) is 0 Å². The Bertz CT molecular complexity index is 1110. The molecule has 31 heavy (non-hydrogen) atoms. The van der Waals surface area contributed by atoms with Gasteiger partial charge >= 0.3 is 5.97 Å². The van der Waals surface area contributed by atoms with Crippen LogP contribution in [0.1, 0.15) is 34.0 Å². The molecule has 0 saturated heterocycles. The number of thiophene rings is 1. The first-order chi connectivity index (χ1) is 14.9. The summed E-state index contributed by atoms with van der Waals surface area (Å²) in [5, 5.41) is 5.17. The number of methoxy groups -OCH3 is 1. The van der Waals surface area contributed by atoms with Crippen molar-refractivity contribution in [2.45, 2.75) is 20.8 Å². The SMILES string of the molecule is CCOC(=O)c1c(-c2ccc(C)c(C)c2)csc1NC(=O)C=Cc1ccc(OC)cc1. The smallest absolute Gasteiger partial charge is 0.341 e. The van der Waals surface area contributed by atoms with Crippen molar-refractivity contribution in [3.63, 3.8) is 0 Å². The van der Waals surface area contributed by atoms with Crippen molar-refractivity contribution in [3.8, 4) is 16.9 Å². The molecule has 5 nitrogen and oxygen atoms in total. The number of aryl methyl sites for hydroxylation is 2. The predicted octanol–water partition coefficient (Wildman–Crippen LogP) is 5.87. The first-order valence-electron chi connectivity index (χ1n) is 9.92. The Balaban J connectivity index is 1.86. The molecule has 0 fully saturated rings. The van der Waals surface area contributed by atoms with E-state index in [1.54, 1.807) is 20.1 Å². The topological polar surface area (TPSA) is 64.6 Å². The maximum Gasteiger partial charge on any atom is 0.341 e. The van der Waals surface area contributed by atoms with Crippen LogP contribution in [-0.4, -0.2) is 25.6 Å². The van der Waals surface area contributed by atoms with Gasteiger partial charge in [-0.1, -0.05) is 30.3 Å². The molecule has 6 heteroatoms. The molecular weight excluding hydrogens is 410 g/mol. The number of carbonyl (C=O) groups excluding carboxylic acids is 2. The molecule has 1 aromatic heterocycles. The zero-order valence-corrected chi connectivity index (χ0v) is 18.8. The Kier molecular flexibility index (Phi) is 7.26. The van der Waals surface area contributed by atoms with Crippen LogP contribution in [0.25, 0.3) is 17.2 Å². The van der Waals surface area contributed by atoms with E-state index in [2.05, 4.69) is 5.32 Å². The number of rotatable bonds is 7. The van der Waals surface area contributed by atoms with Crippen molar-refractivity contribution in [1.82, 2.24) is 0 Å². The molecule has 3 aromatic rings. The van der Waals surface area contributed by atoms with Crippen LogP contribution < -0.4 is 10.1 Å². The van der Waals surface area contributed by atoms with Crippen LogP contribution in [0.5, 0.6) is 5.75 Å². The third-order valence-corrected chi connectivity index (χ3v) is 5.76. The first kappa shape index (κ1) is 22.3.